The molecule has 16 heavy (non-hydrogen) atoms. The molecule has 2 rings (SSSR count). The Bertz CT molecular complexity index is 258. The second-order valence-electron chi connectivity index (χ2n) is 6.22. The van der Waals surface area contributed by atoms with Crippen molar-refractivity contribution in [2.75, 3.05) is 13.1 Å². The molecule has 0 bridgehead atoms. The molecule has 1 aliphatic heterocycles. The van der Waals surface area contributed by atoms with Crippen LogP contribution in [0.25, 0.3) is 0 Å². The molecule has 3 nitrogen and oxygen atoms in total. The van der Waals surface area contributed by atoms with E-state index in [1.807, 2.05) is 0 Å². The molecule has 2 aliphatic rings. The summed E-state index contributed by atoms with van der Waals surface area (Å²) in [5.41, 5.74) is 0.269. The van der Waals surface area contributed by atoms with Gasteiger partial charge in [0.2, 0.25) is 5.91 Å². The largest absolute Gasteiger partial charge is 0.353 e. The van der Waals surface area contributed by atoms with Crippen molar-refractivity contribution >= 4 is 5.91 Å². The van der Waals surface area contributed by atoms with Gasteiger partial charge in [0.25, 0.3) is 0 Å². The zero-order valence-corrected chi connectivity index (χ0v) is 10.8. The molecule has 0 spiro atoms. The van der Waals surface area contributed by atoms with Gasteiger partial charge >= 0.3 is 0 Å². The number of piperidine rings is 1. The molecule has 92 valence electrons. The number of carbonyl (C=O) groups is 1. The molecule has 0 unspecified atom stereocenters. The van der Waals surface area contributed by atoms with Gasteiger partial charge in [0.1, 0.15) is 0 Å². The van der Waals surface area contributed by atoms with E-state index in [4.69, 9.17) is 0 Å². The van der Waals surface area contributed by atoms with Crippen LogP contribution in [0.1, 0.15) is 46.5 Å². The molecule has 1 saturated carbocycles. The maximum Gasteiger partial charge on any atom is 0.223 e. The second-order valence-corrected chi connectivity index (χ2v) is 6.22. The SMILES string of the molecule is CC(C)(C)N1CCC(NC(=O)C2CC2)CC1. The van der Waals surface area contributed by atoms with Crippen LogP contribution in [0, 0.1) is 5.92 Å². The van der Waals surface area contributed by atoms with Crippen LogP contribution in [-0.4, -0.2) is 35.5 Å². The maximum absolute atomic E-state index is 11.6. The minimum atomic E-state index is 0.269. The second kappa shape index (κ2) is 4.36. The normalized spacial score (nSPS) is 24.4. The molecule has 0 aromatic carbocycles. The zero-order chi connectivity index (χ0) is 11.8. The number of carbonyl (C=O) groups excluding carboxylic acids is 1. The van der Waals surface area contributed by atoms with Gasteiger partial charge in [-0.15, -0.1) is 0 Å². The Labute approximate surface area is 98.6 Å². The molecule has 1 heterocycles. The van der Waals surface area contributed by atoms with E-state index in [-0.39, 0.29) is 5.54 Å². The molecule has 0 aromatic heterocycles. The summed E-state index contributed by atoms with van der Waals surface area (Å²) in [6.45, 7) is 9.00. The number of nitrogens with one attached hydrogen (secondary N) is 1. The van der Waals surface area contributed by atoms with Crippen molar-refractivity contribution in [2.45, 2.75) is 58.0 Å². The molecule has 1 aliphatic carbocycles. The highest BCUT2D eigenvalue weighted by Crippen LogP contribution is 2.29. The Balaban J connectivity index is 1.74. The minimum Gasteiger partial charge on any atom is -0.353 e. The monoisotopic (exact) mass is 224 g/mol. The average Bonchev–Trinajstić information content (AvgIpc) is 3.00. The molecular weight excluding hydrogens is 200 g/mol. The first-order chi connectivity index (χ1) is 7.47. The van der Waals surface area contributed by atoms with Gasteiger partial charge in [-0.2, -0.15) is 0 Å². The summed E-state index contributed by atoms with van der Waals surface area (Å²) in [7, 11) is 0. The molecule has 1 N–H and O–H groups in total. The van der Waals surface area contributed by atoms with E-state index >= 15 is 0 Å². The number of likely N-dealkylation sites (tertiary alicyclic amines) is 1. The lowest BCUT2D eigenvalue weighted by molar-refractivity contribution is -0.123. The van der Waals surface area contributed by atoms with Crippen LogP contribution in [0.4, 0.5) is 0 Å². The highest BCUT2D eigenvalue weighted by molar-refractivity contribution is 5.81. The lowest BCUT2D eigenvalue weighted by Gasteiger charge is -2.41. The fourth-order valence-electron chi connectivity index (χ4n) is 2.36. The van der Waals surface area contributed by atoms with Crippen molar-refractivity contribution < 1.29 is 4.79 Å². The van der Waals surface area contributed by atoms with E-state index in [0.717, 1.165) is 38.8 Å². The van der Waals surface area contributed by atoms with Gasteiger partial charge in [-0.3, -0.25) is 9.69 Å². The smallest absolute Gasteiger partial charge is 0.223 e. The summed E-state index contributed by atoms with van der Waals surface area (Å²) >= 11 is 0. The fraction of sp³-hybridized carbons (Fsp3) is 0.923. The summed E-state index contributed by atoms with van der Waals surface area (Å²) in [6.07, 6.45) is 4.42. The molecule has 0 aromatic rings. The number of hydrogen-bond acceptors (Lipinski definition) is 2. The van der Waals surface area contributed by atoms with Crippen LogP contribution >= 0.6 is 0 Å². The first-order valence-electron chi connectivity index (χ1n) is 6.52. The van der Waals surface area contributed by atoms with Crippen molar-refractivity contribution in [3.05, 3.63) is 0 Å². The van der Waals surface area contributed by atoms with E-state index in [9.17, 15) is 4.79 Å². The van der Waals surface area contributed by atoms with Gasteiger partial charge in [-0.05, 0) is 46.5 Å². The first kappa shape index (κ1) is 11.9. The third kappa shape index (κ3) is 2.97. The summed E-state index contributed by atoms with van der Waals surface area (Å²) in [6, 6.07) is 0.423. The zero-order valence-electron chi connectivity index (χ0n) is 10.8. The summed E-state index contributed by atoms with van der Waals surface area (Å²) in [5.74, 6) is 0.648. The van der Waals surface area contributed by atoms with Gasteiger partial charge in [-0.1, -0.05) is 0 Å². The van der Waals surface area contributed by atoms with Crippen molar-refractivity contribution in [2.24, 2.45) is 5.92 Å². The molecule has 3 heteroatoms. The van der Waals surface area contributed by atoms with Crippen LogP contribution < -0.4 is 5.32 Å². The maximum atomic E-state index is 11.6. The lowest BCUT2D eigenvalue weighted by Crippen LogP contribution is -2.51. The molecule has 2 fully saturated rings. The van der Waals surface area contributed by atoms with Gasteiger partial charge < -0.3 is 5.32 Å². The third-order valence-corrected chi connectivity index (χ3v) is 3.74. The molecular formula is C13H24N2O. The number of nitrogens with zero attached hydrogens (tertiary/aromatic N) is 1. The van der Waals surface area contributed by atoms with Crippen LogP contribution in [-0.2, 0) is 4.79 Å². The van der Waals surface area contributed by atoms with E-state index in [1.54, 1.807) is 0 Å². The van der Waals surface area contributed by atoms with Gasteiger partial charge in [0.05, 0.1) is 0 Å². The van der Waals surface area contributed by atoms with E-state index < -0.39 is 0 Å². The highest BCUT2D eigenvalue weighted by atomic mass is 16.2. The van der Waals surface area contributed by atoms with Gasteiger partial charge in [0, 0.05) is 30.6 Å². The minimum absolute atomic E-state index is 0.269. The van der Waals surface area contributed by atoms with Crippen LogP contribution in [0.2, 0.25) is 0 Å². The topological polar surface area (TPSA) is 32.3 Å². The Hall–Kier alpha value is -0.570. The fourth-order valence-corrected chi connectivity index (χ4v) is 2.36. The van der Waals surface area contributed by atoms with Crippen LogP contribution in [0.15, 0.2) is 0 Å². The Kier molecular flexibility index (Phi) is 3.24. The van der Waals surface area contributed by atoms with E-state index in [0.29, 0.717) is 17.9 Å². The summed E-state index contributed by atoms with van der Waals surface area (Å²) in [4.78, 5) is 14.1. The standard InChI is InChI=1S/C13H24N2O/c1-13(2,3)15-8-6-11(7-9-15)14-12(16)10-4-5-10/h10-11H,4-9H2,1-3H3,(H,14,16). The van der Waals surface area contributed by atoms with Crippen molar-refractivity contribution in [1.29, 1.82) is 0 Å². The molecule has 0 atom stereocenters. The van der Waals surface area contributed by atoms with Crippen LogP contribution in [0.3, 0.4) is 0 Å². The van der Waals surface area contributed by atoms with E-state index in [1.165, 1.54) is 0 Å². The highest BCUT2D eigenvalue weighted by Gasteiger charge is 2.32. The Morgan fingerprint density at radius 1 is 1.12 bits per heavy atom. The Morgan fingerprint density at radius 3 is 2.12 bits per heavy atom. The average molecular weight is 224 g/mol. The summed E-state index contributed by atoms with van der Waals surface area (Å²) in [5, 5.41) is 3.19. The molecule has 1 saturated heterocycles. The van der Waals surface area contributed by atoms with Gasteiger partial charge in [-0.25, -0.2) is 0 Å². The molecule has 0 radical (unpaired) electrons. The van der Waals surface area contributed by atoms with Crippen molar-refractivity contribution in [3.8, 4) is 0 Å². The van der Waals surface area contributed by atoms with E-state index in [2.05, 4.69) is 31.0 Å². The van der Waals surface area contributed by atoms with Crippen molar-refractivity contribution in [1.82, 2.24) is 10.2 Å². The quantitative estimate of drug-likeness (QED) is 0.775. The van der Waals surface area contributed by atoms with Gasteiger partial charge in [0.15, 0.2) is 0 Å². The summed E-state index contributed by atoms with van der Waals surface area (Å²) < 4.78 is 0. The Morgan fingerprint density at radius 2 is 1.69 bits per heavy atom. The van der Waals surface area contributed by atoms with Crippen molar-refractivity contribution in [3.63, 3.8) is 0 Å². The molecule has 1 amide bonds. The number of hydrogen-bond donors (Lipinski definition) is 1. The predicted molar refractivity (Wildman–Crippen MR) is 65.2 cm³/mol. The number of rotatable bonds is 2. The van der Waals surface area contributed by atoms with Crippen LogP contribution in [0.5, 0.6) is 0 Å². The number of amides is 1. The lowest BCUT2D eigenvalue weighted by atomic mass is 9.98. The first-order valence-corrected chi connectivity index (χ1v) is 6.52. The predicted octanol–water partition coefficient (Wildman–Crippen LogP) is 1.78. The third-order valence-electron chi connectivity index (χ3n) is 3.74.